The zero-order valence-electron chi connectivity index (χ0n) is 12.7. The van der Waals surface area contributed by atoms with Crippen molar-refractivity contribution >= 4 is 17.4 Å². The SMILES string of the molecule is COC(=O)N1CCC[C@@H](N[C@H]2CCCc3nc(C)sc32)C1. The number of carbonyl (C=O) groups is 1. The van der Waals surface area contributed by atoms with E-state index in [0.717, 1.165) is 37.4 Å². The van der Waals surface area contributed by atoms with E-state index in [4.69, 9.17) is 4.74 Å². The molecule has 5 nitrogen and oxygen atoms in total. The molecule has 1 aliphatic carbocycles. The van der Waals surface area contributed by atoms with Gasteiger partial charge in [-0.15, -0.1) is 11.3 Å². The summed E-state index contributed by atoms with van der Waals surface area (Å²) in [5, 5.41) is 4.92. The Kier molecular flexibility index (Phi) is 4.45. The van der Waals surface area contributed by atoms with Crippen LogP contribution in [0.2, 0.25) is 0 Å². The number of methoxy groups -OCH3 is 1. The lowest BCUT2D eigenvalue weighted by atomic mass is 9.96. The maximum atomic E-state index is 11.7. The summed E-state index contributed by atoms with van der Waals surface area (Å²) in [5.74, 6) is 0. The molecule has 116 valence electrons. The van der Waals surface area contributed by atoms with Crippen molar-refractivity contribution < 1.29 is 9.53 Å². The van der Waals surface area contributed by atoms with E-state index in [-0.39, 0.29) is 6.09 Å². The van der Waals surface area contributed by atoms with Gasteiger partial charge in [0.2, 0.25) is 0 Å². The molecule has 1 amide bonds. The summed E-state index contributed by atoms with van der Waals surface area (Å²) < 4.78 is 4.84. The minimum Gasteiger partial charge on any atom is -0.453 e. The number of nitrogens with one attached hydrogen (secondary N) is 1. The Morgan fingerprint density at radius 3 is 3.10 bits per heavy atom. The van der Waals surface area contributed by atoms with Gasteiger partial charge in [-0.2, -0.15) is 0 Å². The highest BCUT2D eigenvalue weighted by Gasteiger charge is 2.29. The molecular weight excluding hydrogens is 286 g/mol. The number of ether oxygens (including phenoxy) is 1. The number of hydrogen-bond donors (Lipinski definition) is 1. The number of likely N-dealkylation sites (tertiary alicyclic amines) is 1. The predicted molar refractivity (Wildman–Crippen MR) is 82.7 cm³/mol. The number of fused-ring (bicyclic) bond motifs is 1. The number of thiazole rings is 1. The molecule has 1 aliphatic heterocycles. The molecule has 1 fully saturated rings. The molecule has 1 aromatic rings. The molecule has 3 rings (SSSR count). The van der Waals surface area contributed by atoms with Crippen LogP contribution in [0, 0.1) is 6.92 Å². The van der Waals surface area contributed by atoms with Crippen molar-refractivity contribution in [2.24, 2.45) is 0 Å². The standard InChI is InChI=1S/C15H23N3O2S/c1-10-16-12-6-3-7-13(14(12)21-10)17-11-5-4-8-18(9-11)15(19)20-2/h11,13,17H,3-9H2,1-2H3/t11-,13+/m1/s1. The smallest absolute Gasteiger partial charge is 0.409 e. The van der Waals surface area contributed by atoms with E-state index in [1.54, 1.807) is 0 Å². The van der Waals surface area contributed by atoms with Crippen molar-refractivity contribution in [3.63, 3.8) is 0 Å². The van der Waals surface area contributed by atoms with Gasteiger partial charge in [0.05, 0.1) is 17.8 Å². The molecule has 1 aromatic heterocycles. The number of aromatic nitrogens is 1. The van der Waals surface area contributed by atoms with Gasteiger partial charge < -0.3 is 15.0 Å². The van der Waals surface area contributed by atoms with Crippen molar-refractivity contribution in [2.75, 3.05) is 20.2 Å². The summed E-state index contributed by atoms with van der Waals surface area (Å²) in [6.45, 7) is 3.64. The quantitative estimate of drug-likeness (QED) is 0.912. The van der Waals surface area contributed by atoms with Crippen LogP contribution in [0.1, 0.15) is 47.3 Å². The molecule has 1 saturated heterocycles. The first-order valence-corrected chi connectivity index (χ1v) is 8.54. The molecule has 0 unspecified atom stereocenters. The van der Waals surface area contributed by atoms with Crippen LogP contribution in [-0.2, 0) is 11.2 Å². The van der Waals surface area contributed by atoms with E-state index >= 15 is 0 Å². The molecular formula is C15H23N3O2S. The summed E-state index contributed by atoms with van der Waals surface area (Å²) in [4.78, 5) is 19.5. The molecule has 21 heavy (non-hydrogen) atoms. The summed E-state index contributed by atoms with van der Waals surface area (Å²) in [6.07, 6.45) is 5.42. The highest BCUT2D eigenvalue weighted by molar-refractivity contribution is 7.11. The van der Waals surface area contributed by atoms with Gasteiger partial charge in [0.15, 0.2) is 0 Å². The molecule has 6 heteroatoms. The molecule has 1 N–H and O–H groups in total. The fourth-order valence-electron chi connectivity index (χ4n) is 3.39. The van der Waals surface area contributed by atoms with Gasteiger partial charge in [-0.25, -0.2) is 9.78 Å². The predicted octanol–water partition coefficient (Wildman–Crippen LogP) is 2.65. The average Bonchev–Trinajstić information content (AvgIpc) is 2.88. The van der Waals surface area contributed by atoms with Crippen LogP contribution in [0.3, 0.4) is 0 Å². The van der Waals surface area contributed by atoms with Gasteiger partial charge in [0.1, 0.15) is 0 Å². The average molecular weight is 309 g/mol. The van der Waals surface area contributed by atoms with E-state index in [9.17, 15) is 4.79 Å². The lowest BCUT2D eigenvalue weighted by Gasteiger charge is -2.35. The Labute approximate surface area is 129 Å². The zero-order chi connectivity index (χ0) is 14.8. The second-order valence-corrected chi connectivity index (χ2v) is 7.15. The lowest BCUT2D eigenvalue weighted by molar-refractivity contribution is 0.105. The second kappa shape index (κ2) is 6.32. The monoisotopic (exact) mass is 309 g/mol. The first-order chi connectivity index (χ1) is 10.2. The minimum atomic E-state index is -0.209. The number of nitrogens with zero attached hydrogens (tertiary/aromatic N) is 2. The van der Waals surface area contributed by atoms with Gasteiger partial charge >= 0.3 is 6.09 Å². The van der Waals surface area contributed by atoms with E-state index < -0.39 is 0 Å². The highest BCUT2D eigenvalue weighted by Crippen LogP contribution is 2.34. The van der Waals surface area contributed by atoms with Crippen LogP contribution in [0.4, 0.5) is 4.79 Å². The third-order valence-corrected chi connectivity index (χ3v) is 5.48. The first kappa shape index (κ1) is 14.8. The molecule has 2 aliphatic rings. The van der Waals surface area contributed by atoms with Gasteiger partial charge in [-0.05, 0) is 39.0 Å². The fourth-order valence-corrected chi connectivity index (χ4v) is 4.46. The van der Waals surface area contributed by atoms with Crippen molar-refractivity contribution in [3.05, 3.63) is 15.6 Å². The largest absolute Gasteiger partial charge is 0.453 e. The third kappa shape index (κ3) is 3.21. The van der Waals surface area contributed by atoms with E-state index in [1.807, 2.05) is 16.2 Å². The number of hydrogen-bond acceptors (Lipinski definition) is 5. The fraction of sp³-hybridized carbons (Fsp3) is 0.733. The molecule has 0 radical (unpaired) electrons. The molecule has 2 heterocycles. The van der Waals surface area contributed by atoms with Crippen LogP contribution >= 0.6 is 11.3 Å². The Balaban J connectivity index is 1.65. The van der Waals surface area contributed by atoms with Crippen molar-refractivity contribution in [1.29, 1.82) is 0 Å². The second-order valence-electron chi connectivity index (χ2n) is 5.91. The Bertz CT molecular complexity index is 517. The maximum absolute atomic E-state index is 11.7. The van der Waals surface area contributed by atoms with Crippen molar-refractivity contribution in [1.82, 2.24) is 15.2 Å². The number of rotatable bonds is 2. The summed E-state index contributed by atoms with van der Waals surface area (Å²) in [7, 11) is 1.45. The normalized spacial score (nSPS) is 25.5. The number of carbonyl (C=O) groups excluding carboxylic acids is 1. The van der Waals surface area contributed by atoms with Gasteiger partial charge in [0, 0.05) is 30.1 Å². The highest BCUT2D eigenvalue weighted by atomic mass is 32.1. The maximum Gasteiger partial charge on any atom is 0.409 e. The molecule has 0 spiro atoms. The van der Waals surface area contributed by atoms with Gasteiger partial charge in [-0.1, -0.05) is 0 Å². The van der Waals surface area contributed by atoms with Gasteiger partial charge in [-0.3, -0.25) is 0 Å². The molecule has 2 atom stereocenters. The van der Waals surface area contributed by atoms with E-state index in [2.05, 4.69) is 17.2 Å². The summed E-state index contributed by atoms with van der Waals surface area (Å²) in [5.41, 5.74) is 1.28. The van der Waals surface area contributed by atoms with Crippen LogP contribution in [0.15, 0.2) is 0 Å². The Morgan fingerprint density at radius 2 is 2.29 bits per heavy atom. The Morgan fingerprint density at radius 1 is 1.43 bits per heavy atom. The van der Waals surface area contributed by atoms with Crippen LogP contribution < -0.4 is 5.32 Å². The third-order valence-electron chi connectivity index (χ3n) is 4.35. The van der Waals surface area contributed by atoms with Crippen LogP contribution in [-0.4, -0.2) is 42.2 Å². The molecule has 0 bridgehead atoms. The minimum absolute atomic E-state index is 0.209. The van der Waals surface area contributed by atoms with E-state index in [1.165, 1.54) is 30.5 Å². The van der Waals surface area contributed by atoms with Gasteiger partial charge in [0.25, 0.3) is 0 Å². The van der Waals surface area contributed by atoms with Crippen molar-refractivity contribution in [3.8, 4) is 0 Å². The number of amides is 1. The topological polar surface area (TPSA) is 54.5 Å². The van der Waals surface area contributed by atoms with E-state index in [0.29, 0.717) is 12.1 Å². The summed E-state index contributed by atoms with van der Waals surface area (Å²) >= 11 is 1.82. The number of piperidine rings is 1. The Hall–Kier alpha value is -1.14. The zero-order valence-corrected chi connectivity index (χ0v) is 13.5. The van der Waals surface area contributed by atoms with Crippen LogP contribution in [0.25, 0.3) is 0 Å². The van der Waals surface area contributed by atoms with Crippen LogP contribution in [0.5, 0.6) is 0 Å². The molecule has 0 saturated carbocycles. The summed E-state index contributed by atoms with van der Waals surface area (Å²) in [6, 6.07) is 0.763. The van der Waals surface area contributed by atoms with Crippen molar-refractivity contribution in [2.45, 2.75) is 51.1 Å². The number of aryl methyl sites for hydroxylation is 2. The lowest BCUT2D eigenvalue weighted by Crippen LogP contribution is -2.49. The molecule has 0 aromatic carbocycles. The first-order valence-electron chi connectivity index (χ1n) is 7.72.